The molecule has 1 aliphatic heterocycles. The van der Waals surface area contributed by atoms with Gasteiger partial charge in [0, 0.05) is 12.1 Å². The zero-order chi connectivity index (χ0) is 13.1. The minimum Gasteiger partial charge on any atom is -0.392 e. The maximum Gasteiger partial charge on any atom is 0.237 e. The summed E-state index contributed by atoms with van der Waals surface area (Å²) in [5.41, 5.74) is 0.462. The molecule has 0 bridgehead atoms. The molecule has 5 heteroatoms. The molecule has 1 fully saturated rings. The fourth-order valence-corrected chi connectivity index (χ4v) is 2.13. The van der Waals surface area contributed by atoms with E-state index in [0.29, 0.717) is 18.5 Å². The third-order valence-electron chi connectivity index (χ3n) is 3.15. The molecule has 4 nitrogen and oxygen atoms in total. The molecule has 2 unspecified atom stereocenters. The molecule has 1 saturated heterocycles. The maximum absolute atomic E-state index is 13.5. The summed E-state index contributed by atoms with van der Waals surface area (Å²) in [6.07, 6.45) is -0.0833. The van der Waals surface area contributed by atoms with Crippen molar-refractivity contribution < 1.29 is 14.3 Å². The molecule has 0 aliphatic carbocycles. The van der Waals surface area contributed by atoms with E-state index >= 15 is 0 Å². The van der Waals surface area contributed by atoms with Crippen molar-refractivity contribution in [2.45, 2.75) is 31.5 Å². The summed E-state index contributed by atoms with van der Waals surface area (Å²) in [4.78, 5) is 11.9. The predicted molar refractivity (Wildman–Crippen MR) is 65.4 cm³/mol. The van der Waals surface area contributed by atoms with E-state index in [2.05, 4.69) is 10.6 Å². The van der Waals surface area contributed by atoms with Gasteiger partial charge in [0.05, 0.1) is 18.2 Å². The first-order valence-corrected chi connectivity index (χ1v) is 6.04. The van der Waals surface area contributed by atoms with Crippen LogP contribution in [0.4, 0.5) is 4.39 Å². The number of nitrogens with one attached hydrogen (secondary N) is 2. The minimum absolute atomic E-state index is 0.206. The lowest BCUT2D eigenvalue weighted by molar-refractivity contribution is -0.123. The average molecular weight is 252 g/mol. The fraction of sp³-hybridized carbons (Fsp3) is 0.462. The monoisotopic (exact) mass is 252 g/mol. The van der Waals surface area contributed by atoms with Gasteiger partial charge in [0.1, 0.15) is 5.82 Å². The minimum atomic E-state index is -0.482. The molecule has 1 aromatic rings. The molecule has 0 saturated carbocycles. The number of aliphatic hydroxyl groups is 1. The molecule has 0 radical (unpaired) electrons. The van der Waals surface area contributed by atoms with Crippen LogP contribution < -0.4 is 10.6 Å². The van der Waals surface area contributed by atoms with Crippen LogP contribution in [0.1, 0.15) is 24.9 Å². The Morgan fingerprint density at radius 1 is 1.56 bits per heavy atom. The summed E-state index contributed by atoms with van der Waals surface area (Å²) in [6, 6.07) is 5.58. The molecule has 98 valence electrons. The van der Waals surface area contributed by atoms with E-state index in [-0.39, 0.29) is 11.7 Å². The number of carbonyl (C=O) groups is 1. The Morgan fingerprint density at radius 3 is 2.89 bits per heavy atom. The molecule has 1 amide bonds. The van der Waals surface area contributed by atoms with E-state index in [9.17, 15) is 14.3 Å². The Kier molecular flexibility index (Phi) is 3.93. The molecule has 18 heavy (non-hydrogen) atoms. The van der Waals surface area contributed by atoms with E-state index < -0.39 is 18.2 Å². The number of amides is 1. The second kappa shape index (κ2) is 5.46. The largest absolute Gasteiger partial charge is 0.392 e. The number of hydrogen-bond acceptors (Lipinski definition) is 3. The van der Waals surface area contributed by atoms with Crippen LogP contribution in [0.3, 0.4) is 0 Å². The second-order valence-electron chi connectivity index (χ2n) is 4.60. The lowest BCUT2D eigenvalue weighted by Crippen LogP contribution is -2.41. The highest BCUT2D eigenvalue weighted by atomic mass is 19.1. The highest BCUT2D eigenvalue weighted by Crippen LogP contribution is 2.17. The summed E-state index contributed by atoms with van der Waals surface area (Å²) in [5, 5.41) is 15.0. The summed E-state index contributed by atoms with van der Waals surface area (Å²) >= 11 is 0. The van der Waals surface area contributed by atoms with Crippen molar-refractivity contribution in [3.05, 3.63) is 35.6 Å². The van der Waals surface area contributed by atoms with Crippen molar-refractivity contribution in [3.63, 3.8) is 0 Å². The van der Waals surface area contributed by atoms with Gasteiger partial charge in [-0.3, -0.25) is 4.79 Å². The smallest absolute Gasteiger partial charge is 0.237 e. The molecule has 3 N–H and O–H groups in total. The van der Waals surface area contributed by atoms with Gasteiger partial charge in [-0.25, -0.2) is 4.39 Å². The van der Waals surface area contributed by atoms with E-state index in [1.165, 1.54) is 6.07 Å². The Hall–Kier alpha value is -1.46. The van der Waals surface area contributed by atoms with Gasteiger partial charge in [-0.15, -0.1) is 0 Å². The molecule has 1 aromatic carbocycles. The Labute approximate surface area is 105 Å². The average Bonchev–Trinajstić information content (AvgIpc) is 2.76. The Morgan fingerprint density at radius 2 is 2.28 bits per heavy atom. The SMILES string of the molecule is C[C@@H](NC(=O)C1CC(O)CN1)c1ccccc1F. The highest BCUT2D eigenvalue weighted by Gasteiger charge is 2.29. The third-order valence-corrected chi connectivity index (χ3v) is 3.15. The molecular weight excluding hydrogens is 235 g/mol. The normalized spacial score (nSPS) is 24.8. The first-order chi connectivity index (χ1) is 8.58. The van der Waals surface area contributed by atoms with Crippen LogP contribution in [-0.4, -0.2) is 29.7 Å². The third kappa shape index (κ3) is 2.86. The van der Waals surface area contributed by atoms with Gasteiger partial charge >= 0.3 is 0 Å². The standard InChI is InChI=1S/C13H17FN2O2/c1-8(10-4-2-3-5-11(10)14)16-13(18)12-6-9(17)7-15-12/h2-5,8-9,12,15,17H,6-7H2,1H3,(H,16,18)/t8-,9?,12?/m1/s1. The predicted octanol–water partition coefficient (Wildman–Crippen LogP) is 0.726. The second-order valence-corrected chi connectivity index (χ2v) is 4.60. The van der Waals surface area contributed by atoms with Gasteiger partial charge in [-0.05, 0) is 19.4 Å². The van der Waals surface area contributed by atoms with Gasteiger partial charge in [0.2, 0.25) is 5.91 Å². The Balaban J connectivity index is 1.97. The van der Waals surface area contributed by atoms with Crippen LogP contribution in [0.2, 0.25) is 0 Å². The summed E-state index contributed by atoms with van der Waals surface area (Å²) < 4.78 is 13.5. The summed E-state index contributed by atoms with van der Waals surface area (Å²) in [5.74, 6) is -0.535. The topological polar surface area (TPSA) is 61.4 Å². The van der Waals surface area contributed by atoms with Crippen LogP contribution in [-0.2, 0) is 4.79 Å². The van der Waals surface area contributed by atoms with Gasteiger partial charge in [0.25, 0.3) is 0 Å². The fourth-order valence-electron chi connectivity index (χ4n) is 2.13. The highest BCUT2D eigenvalue weighted by molar-refractivity contribution is 5.82. The number of benzene rings is 1. The van der Waals surface area contributed by atoms with Crippen molar-refractivity contribution in [2.24, 2.45) is 0 Å². The number of halogens is 1. The van der Waals surface area contributed by atoms with E-state index in [1.54, 1.807) is 25.1 Å². The van der Waals surface area contributed by atoms with E-state index in [0.717, 1.165) is 0 Å². The Bertz CT molecular complexity index is 439. The molecule has 0 aromatic heterocycles. The number of β-amino-alcohol motifs (C(OH)–C–C–N with tert-alkyl or cyclic N) is 1. The molecule has 1 aliphatic rings. The number of hydrogen-bond donors (Lipinski definition) is 3. The van der Waals surface area contributed by atoms with Gasteiger partial charge in [-0.2, -0.15) is 0 Å². The summed E-state index contributed by atoms with van der Waals surface area (Å²) in [7, 11) is 0. The van der Waals surface area contributed by atoms with Crippen LogP contribution in [0.25, 0.3) is 0 Å². The number of carbonyl (C=O) groups excluding carboxylic acids is 1. The van der Waals surface area contributed by atoms with Crippen LogP contribution in [0, 0.1) is 5.82 Å². The van der Waals surface area contributed by atoms with Gasteiger partial charge in [0.15, 0.2) is 0 Å². The zero-order valence-corrected chi connectivity index (χ0v) is 10.2. The zero-order valence-electron chi connectivity index (χ0n) is 10.2. The summed E-state index contributed by atoms with van der Waals surface area (Å²) in [6.45, 7) is 2.16. The number of aliphatic hydroxyl groups excluding tert-OH is 1. The number of rotatable bonds is 3. The van der Waals surface area contributed by atoms with Gasteiger partial charge < -0.3 is 15.7 Å². The maximum atomic E-state index is 13.5. The first-order valence-electron chi connectivity index (χ1n) is 6.04. The van der Waals surface area contributed by atoms with Crippen molar-refractivity contribution in [2.75, 3.05) is 6.54 Å². The lowest BCUT2D eigenvalue weighted by Gasteiger charge is -2.18. The van der Waals surface area contributed by atoms with Crippen LogP contribution >= 0.6 is 0 Å². The molecular formula is C13H17FN2O2. The molecule has 0 spiro atoms. The molecule has 1 heterocycles. The van der Waals surface area contributed by atoms with Crippen LogP contribution in [0.5, 0.6) is 0 Å². The van der Waals surface area contributed by atoms with Crippen LogP contribution in [0.15, 0.2) is 24.3 Å². The van der Waals surface area contributed by atoms with E-state index in [4.69, 9.17) is 0 Å². The molecule has 3 atom stereocenters. The van der Waals surface area contributed by atoms with Crippen molar-refractivity contribution in [1.82, 2.24) is 10.6 Å². The van der Waals surface area contributed by atoms with E-state index in [1.807, 2.05) is 0 Å². The van der Waals surface area contributed by atoms with Crippen molar-refractivity contribution in [1.29, 1.82) is 0 Å². The van der Waals surface area contributed by atoms with Gasteiger partial charge in [-0.1, -0.05) is 18.2 Å². The molecule has 2 rings (SSSR count). The van der Waals surface area contributed by atoms with Crippen molar-refractivity contribution >= 4 is 5.91 Å². The quantitative estimate of drug-likeness (QED) is 0.743. The first kappa shape index (κ1) is 13.0. The lowest BCUT2D eigenvalue weighted by atomic mass is 10.1. The van der Waals surface area contributed by atoms with Crippen molar-refractivity contribution in [3.8, 4) is 0 Å².